The van der Waals surface area contributed by atoms with Gasteiger partial charge in [0.1, 0.15) is 0 Å². The molecule has 1 aromatic carbocycles. The molecule has 2 heteroatoms. The van der Waals surface area contributed by atoms with Crippen molar-refractivity contribution < 1.29 is 10.2 Å². The number of hydrogen-bond donors (Lipinski definition) is 2. The molecule has 0 spiro atoms. The van der Waals surface area contributed by atoms with Crippen LogP contribution in [-0.4, -0.2) is 16.0 Å². The summed E-state index contributed by atoms with van der Waals surface area (Å²) in [5.41, 5.74) is 3.49. The monoisotopic (exact) mass is 216 g/mol. The third-order valence-electron chi connectivity index (χ3n) is 2.98. The number of rotatable bonds is 1. The molecule has 0 heterocycles. The molecule has 2 N–H and O–H groups in total. The predicted octanol–water partition coefficient (Wildman–Crippen LogP) is 2.41. The summed E-state index contributed by atoms with van der Waals surface area (Å²) in [5, 5.41) is 20.1. The molecule has 1 aromatic rings. The van der Waals surface area contributed by atoms with Crippen LogP contribution in [0.15, 0.2) is 42.0 Å². The van der Waals surface area contributed by atoms with Gasteiger partial charge in [0.05, 0.1) is 0 Å². The SMILES string of the molecule is CC1=C(c2ccccc2C)C(O)(O)CC=C1. The van der Waals surface area contributed by atoms with E-state index < -0.39 is 5.79 Å². The second-order valence-electron chi connectivity index (χ2n) is 4.30. The lowest BCUT2D eigenvalue weighted by Gasteiger charge is -2.29. The summed E-state index contributed by atoms with van der Waals surface area (Å²) < 4.78 is 0. The maximum atomic E-state index is 10.0. The van der Waals surface area contributed by atoms with Crippen LogP contribution in [0.5, 0.6) is 0 Å². The molecule has 0 saturated heterocycles. The fraction of sp³-hybridized carbons (Fsp3) is 0.286. The molecule has 0 atom stereocenters. The third-order valence-corrected chi connectivity index (χ3v) is 2.98. The zero-order chi connectivity index (χ0) is 11.8. The van der Waals surface area contributed by atoms with Gasteiger partial charge < -0.3 is 10.2 Å². The quantitative estimate of drug-likeness (QED) is 0.708. The molecule has 2 nitrogen and oxygen atoms in total. The van der Waals surface area contributed by atoms with E-state index in [2.05, 4.69) is 0 Å². The van der Waals surface area contributed by atoms with Gasteiger partial charge in [-0.25, -0.2) is 0 Å². The fourth-order valence-corrected chi connectivity index (χ4v) is 2.18. The Labute approximate surface area is 95.6 Å². The highest BCUT2D eigenvalue weighted by atomic mass is 16.5. The Bertz CT molecular complexity index is 467. The van der Waals surface area contributed by atoms with E-state index in [0.717, 1.165) is 16.7 Å². The van der Waals surface area contributed by atoms with E-state index in [0.29, 0.717) is 5.57 Å². The summed E-state index contributed by atoms with van der Waals surface area (Å²) in [6, 6.07) is 7.76. The Morgan fingerprint density at radius 2 is 1.81 bits per heavy atom. The summed E-state index contributed by atoms with van der Waals surface area (Å²) in [5.74, 6) is -1.75. The van der Waals surface area contributed by atoms with Crippen LogP contribution in [-0.2, 0) is 0 Å². The van der Waals surface area contributed by atoms with Crippen LogP contribution in [0.2, 0.25) is 0 Å². The van der Waals surface area contributed by atoms with Crippen LogP contribution in [0.25, 0.3) is 5.57 Å². The van der Waals surface area contributed by atoms with Gasteiger partial charge in [0.2, 0.25) is 0 Å². The Balaban J connectivity index is 2.62. The van der Waals surface area contributed by atoms with E-state index in [1.165, 1.54) is 0 Å². The summed E-state index contributed by atoms with van der Waals surface area (Å²) >= 11 is 0. The lowest BCUT2D eigenvalue weighted by Crippen LogP contribution is -2.31. The Morgan fingerprint density at radius 1 is 1.12 bits per heavy atom. The standard InChI is InChI=1S/C14H16O2/c1-10-6-3-4-8-12(10)13-11(2)7-5-9-14(13,15)16/h3-8,15-16H,9H2,1-2H3. The summed E-state index contributed by atoms with van der Waals surface area (Å²) in [7, 11) is 0. The largest absolute Gasteiger partial charge is 0.362 e. The van der Waals surface area contributed by atoms with Gasteiger partial charge in [-0.15, -0.1) is 0 Å². The average Bonchev–Trinajstić information content (AvgIpc) is 2.19. The number of hydrogen-bond acceptors (Lipinski definition) is 2. The molecule has 84 valence electrons. The van der Waals surface area contributed by atoms with Crippen LogP contribution < -0.4 is 0 Å². The Morgan fingerprint density at radius 3 is 2.44 bits per heavy atom. The van der Waals surface area contributed by atoms with Crippen LogP contribution in [0.4, 0.5) is 0 Å². The molecule has 1 aliphatic rings. The average molecular weight is 216 g/mol. The van der Waals surface area contributed by atoms with Crippen LogP contribution >= 0.6 is 0 Å². The molecular formula is C14H16O2. The summed E-state index contributed by atoms with van der Waals surface area (Å²) in [4.78, 5) is 0. The molecule has 16 heavy (non-hydrogen) atoms. The van der Waals surface area contributed by atoms with Crippen molar-refractivity contribution in [1.29, 1.82) is 0 Å². The number of allylic oxidation sites excluding steroid dienone is 2. The molecule has 0 fully saturated rings. The molecule has 0 aliphatic heterocycles. The van der Waals surface area contributed by atoms with Crippen molar-refractivity contribution in [2.75, 3.05) is 0 Å². The first-order valence-corrected chi connectivity index (χ1v) is 5.41. The minimum atomic E-state index is -1.75. The lowest BCUT2D eigenvalue weighted by atomic mass is 9.85. The lowest BCUT2D eigenvalue weighted by molar-refractivity contribution is -0.105. The van der Waals surface area contributed by atoms with Gasteiger partial charge in [-0.1, -0.05) is 36.4 Å². The zero-order valence-corrected chi connectivity index (χ0v) is 9.57. The van der Waals surface area contributed by atoms with Crippen LogP contribution in [0.3, 0.4) is 0 Å². The van der Waals surface area contributed by atoms with Gasteiger partial charge in [-0.2, -0.15) is 0 Å². The van der Waals surface area contributed by atoms with E-state index in [4.69, 9.17) is 0 Å². The van der Waals surface area contributed by atoms with Crippen molar-refractivity contribution in [2.45, 2.75) is 26.1 Å². The molecule has 0 radical (unpaired) electrons. The molecule has 1 aliphatic carbocycles. The Kier molecular flexibility index (Phi) is 2.70. The van der Waals surface area contributed by atoms with E-state index in [1.807, 2.05) is 44.2 Å². The third kappa shape index (κ3) is 1.82. The van der Waals surface area contributed by atoms with Crippen molar-refractivity contribution in [1.82, 2.24) is 0 Å². The van der Waals surface area contributed by atoms with Gasteiger partial charge in [0.25, 0.3) is 0 Å². The highest BCUT2D eigenvalue weighted by Gasteiger charge is 2.32. The second-order valence-corrected chi connectivity index (χ2v) is 4.30. The molecule has 0 saturated carbocycles. The summed E-state index contributed by atoms with van der Waals surface area (Å²) in [6.45, 7) is 3.88. The number of aryl methyl sites for hydroxylation is 1. The van der Waals surface area contributed by atoms with E-state index >= 15 is 0 Å². The van der Waals surface area contributed by atoms with Crippen molar-refractivity contribution in [3.8, 4) is 0 Å². The molecule has 0 unspecified atom stereocenters. The first kappa shape index (κ1) is 11.1. The maximum absolute atomic E-state index is 10.0. The van der Waals surface area contributed by atoms with Gasteiger partial charge in [-0.05, 0) is 30.5 Å². The van der Waals surface area contributed by atoms with Gasteiger partial charge in [0, 0.05) is 12.0 Å². The molecule has 0 amide bonds. The predicted molar refractivity (Wildman–Crippen MR) is 64.7 cm³/mol. The summed E-state index contributed by atoms with van der Waals surface area (Å²) in [6.07, 6.45) is 3.97. The smallest absolute Gasteiger partial charge is 0.194 e. The topological polar surface area (TPSA) is 40.5 Å². The first-order valence-electron chi connectivity index (χ1n) is 5.41. The number of aliphatic hydroxyl groups is 2. The van der Waals surface area contributed by atoms with Crippen molar-refractivity contribution >= 4 is 5.57 Å². The van der Waals surface area contributed by atoms with Crippen LogP contribution in [0.1, 0.15) is 24.5 Å². The molecule has 0 bridgehead atoms. The van der Waals surface area contributed by atoms with Gasteiger partial charge >= 0.3 is 0 Å². The number of benzene rings is 1. The first-order chi connectivity index (χ1) is 7.52. The highest BCUT2D eigenvalue weighted by Crippen LogP contribution is 2.36. The van der Waals surface area contributed by atoms with Crippen molar-refractivity contribution in [2.24, 2.45) is 0 Å². The highest BCUT2D eigenvalue weighted by molar-refractivity contribution is 5.78. The zero-order valence-electron chi connectivity index (χ0n) is 9.57. The fourth-order valence-electron chi connectivity index (χ4n) is 2.18. The normalized spacial score (nSPS) is 19.0. The minimum Gasteiger partial charge on any atom is -0.362 e. The maximum Gasteiger partial charge on any atom is 0.194 e. The van der Waals surface area contributed by atoms with E-state index in [9.17, 15) is 10.2 Å². The van der Waals surface area contributed by atoms with Crippen molar-refractivity contribution in [3.63, 3.8) is 0 Å². The Hall–Kier alpha value is -1.38. The van der Waals surface area contributed by atoms with E-state index in [-0.39, 0.29) is 6.42 Å². The van der Waals surface area contributed by atoms with Crippen molar-refractivity contribution in [3.05, 3.63) is 53.1 Å². The second kappa shape index (κ2) is 3.89. The van der Waals surface area contributed by atoms with Crippen LogP contribution in [0, 0.1) is 6.92 Å². The van der Waals surface area contributed by atoms with Gasteiger partial charge in [-0.3, -0.25) is 0 Å². The molecule has 0 aromatic heterocycles. The minimum absolute atomic E-state index is 0.244. The van der Waals surface area contributed by atoms with Gasteiger partial charge in [0.15, 0.2) is 5.79 Å². The molecular weight excluding hydrogens is 200 g/mol. The molecule has 2 rings (SSSR count). The van der Waals surface area contributed by atoms with E-state index in [1.54, 1.807) is 6.08 Å².